The molecule has 21 heavy (non-hydrogen) atoms. The van der Waals surface area contributed by atoms with Gasteiger partial charge < -0.3 is 14.9 Å². The second-order valence-corrected chi connectivity index (χ2v) is 5.31. The zero-order chi connectivity index (χ0) is 15.6. The van der Waals surface area contributed by atoms with E-state index in [0.29, 0.717) is 19.1 Å². The SMILES string of the molecule is CN(C)C1CCN(c2ncc(C(=O)O)cc2[N+](=O)[O-])CC1. The molecule has 8 nitrogen and oxygen atoms in total. The third-order valence-electron chi connectivity index (χ3n) is 3.79. The Morgan fingerprint density at radius 1 is 1.48 bits per heavy atom. The minimum atomic E-state index is -1.22. The number of piperidine rings is 1. The topological polar surface area (TPSA) is 99.8 Å². The van der Waals surface area contributed by atoms with Crippen molar-refractivity contribution in [3.8, 4) is 0 Å². The number of carboxylic acids is 1. The van der Waals surface area contributed by atoms with Crippen LogP contribution in [0, 0.1) is 10.1 Å². The highest BCUT2D eigenvalue weighted by Gasteiger charge is 2.27. The zero-order valence-corrected chi connectivity index (χ0v) is 12.0. The number of pyridine rings is 1. The molecule has 0 bridgehead atoms. The van der Waals surface area contributed by atoms with Gasteiger partial charge in [0.15, 0.2) is 0 Å². The van der Waals surface area contributed by atoms with Crippen molar-refractivity contribution >= 4 is 17.5 Å². The van der Waals surface area contributed by atoms with Gasteiger partial charge in [-0.2, -0.15) is 0 Å². The molecule has 114 valence electrons. The molecule has 0 unspecified atom stereocenters. The Labute approximate surface area is 122 Å². The van der Waals surface area contributed by atoms with E-state index in [1.807, 2.05) is 19.0 Å². The first kappa shape index (κ1) is 15.2. The van der Waals surface area contributed by atoms with Crippen LogP contribution in [0.5, 0.6) is 0 Å². The molecule has 1 saturated heterocycles. The van der Waals surface area contributed by atoms with Crippen LogP contribution in [0.25, 0.3) is 0 Å². The summed E-state index contributed by atoms with van der Waals surface area (Å²) in [4.78, 5) is 29.5. The van der Waals surface area contributed by atoms with Crippen molar-refractivity contribution < 1.29 is 14.8 Å². The fraction of sp³-hybridized carbons (Fsp3) is 0.538. The summed E-state index contributed by atoms with van der Waals surface area (Å²) < 4.78 is 0. The fourth-order valence-electron chi connectivity index (χ4n) is 2.53. The van der Waals surface area contributed by atoms with E-state index in [1.54, 1.807) is 0 Å². The minimum Gasteiger partial charge on any atom is -0.478 e. The number of aromatic carboxylic acids is 1. The lowest BCUT2D eigenvalue weighted by Gasteiger charge is -2.35. The summed E-state index contributed by atoms with van der Waals surface area (Å²) in [7, 11) is 4.03. The third kappa shape index (κ3) is 3.27. The van der Waals surface area contributed by atoms with E-state index in [1.165, 1.54) is 6.20 Å². The highest BCUT2D eigenvalue weighted by atomic mass is 16.6. The predicted octanol–water partition coefficient (Wildman–Crippen LogP) is 1.22. The Morgan fingerprint density at radius 2 is 2.10 bits per heavy atom. The van der Waals surface area contributed by atoms with E-state index in [4.69, 9.17) is 5.11 Å². The van der Waals surface area contributed by atoms with Gasteiger partial charge in [0.25, 0.3) is 0 Å². The van der Waals surface area contributed by atoms with Crippen molar-refractivity contribution in [1.82, 2.24) is 9.88 Å². The second kappa shape index (κ2) is 6.04. The zero-order valence-electron chi connectivity index (χ0n) is 12.0. The first-order valence-corrected chi connectivity index (χ1v) is 6.69. The number of hydrogen-bond acceptors (Lipinski definition) is 6. The molecule has 0 amide bonds. The van der Waals surface area contributed by atoms with Crippen LogP contribution in [0.15, 0.2) is 12.3 Å². The number of nitro groups is 1. The molecular weight excluding hydrogens is 276 g/mol. The van der Waals surface area contributed by atoms with Gasteiger partial charge >= 0.3 is 11.7 Å². The van der Waals surface area contributed by atoms with Gasteiger partial charge in [-0.05, 0) is 26.9 Å². The predicted molar refractivity (Wildman–Crippen MR) is 76.8 cm³/mol. The number of hydrogen-bond donors (Lipinski definition) is 1. The minimum absolute atomic E-state index is 0.173. The summed E-state index contributed by atoms with van der Waals surface area (Å²) in [5, 5.41) is 20.1. The van der Waals surface area contributed by atoms with Crippen LogP contribution in [0.1, 0.15) is 23.2 Å². The van der Waals surface area contributed by atoms with Gasteiger partial charge in [-0.1, -0.05) is 0 Å². The third-order valence-corrected chi connectivity index (χ3v) is 3.79. The van der Waals surface area contributed by atoms with Crippen LogP contribution in [0.3, 0.4) is 0 Å². The summed E-state index contributed by atoms with van der Waals surface area (Å²) in [6, 6.07) is 1.53. The molecule has 2 heterocycles. The van der Waals surface area contributed by atoms with Crippen LogP contribution in [-0.2, 0) is 0 Å². The Morgan fingerprint density at radius 3 is 2.57 bits per heavy atom. The maximum Gasteiger partial charge on any atom is 0.337 e. The van der Waals surface area contributed by atoms with Crippen LogP contribution in [-0.4, -0.2) is 59.1 Å². The van der Waals surface area contributed by atoms with Crippen molar-refractivity contribution in [2.24, 2.45) is 0 Å². The first-order chi connectivity index (χ1) is 9.90. The van der Waals surface area contributed by atoms with E-state index in [-0.39, 0.29) is 17.1 Å². The summed E-state index contributed by atoms with van der Waals surface area (Å²) in [5.41, 5.74) is -0.424. The molecule has 0 atom stereocenters. The lowest BCUT2D eigenvalue weighted by Crippen LogP contribution is -2.42. The molecule has 1 aromatic rings. The monoisotopic (exact) mass is 294 g/mol. The van der Waals surface area contributed by atoms with Gasteiger partial charge in [-0.3, -0.25) is 10.1 Å². The van der Waals surface area contributed by atoms with Crippen LogP contribution in [0.2, 0.25) is 0 Å². The number of nitrogens with zero attached hydrogens (tertiary/aromatic N) is 4. The van der Waals surface area contributed by atoms with Gasteiger partial charge in [-0.15, -0.1) is 0 Å². The number of anilines is 1. The molecule has 1 aliphatic heterocycles. The van der Waals surface area contributed by atoms with Crippen molar-refractivity contribution in [2.45, 2.75) is 18.9 Å². The molecule has 2 rings (SSSR count). The quantitative estimate of drug-likeness (QED) is 0.658. The second-order valence-electron chi connectivity index (χ2n) is 5.31. The van der Waals surface area contributed by atoms with Crippen LogP contribution >= 0.6 is 0 Å². The van der Waals surface area contributed by atoms with Gasteiger partial charge in [0.1, 0.15) is 0 Å². The Balaban J connectivity index is 2.24. The number of carbonyl (C=O) groups is 1. The number of rotatable bonds is 4. The standard InChI is InChI=1S/C13H18N4O4/c1-15(2)10-3-5-16(6-4-10)12-11(17(20)21)7-9(8-14-12)13(18)19/h7-8,10H,3-6H2,1-2H3,(H,18,19). The summed E-state index contributed by atoms with van der Waals surface area (Å²) in [5.74, 6) is -0.967. The Hall–Kier alpha value is -2.22. The van der Waals surface area contributed by atoms with Crippen LogP contribution < -0.4 is 4.90 Å². The van der Waals surface area contributed by atoms with Crippen molar-refractivity contribution in [1.29, 1.82) is 0 Å². The molecule has 1 aliphatic rings. The summed E-state index contributed by atoms with van der Waals surface area (Å²) >= 11 is 0. The molecular formula is C13H18N4O4. The molecule has 0 aliphatic carbocycles. The van der Waals surface area contributed by atoms with E-state index in [2.05, 4.69) is 9.88 Å². The smallest absolute Gasteiger partial charge is 0.337 e. The number of aromatic nitrogens is 1. The fourth-order valence-corrected chi connectivity index (χ4v) is 2.53. The molecule has 8 heteroatoms. The average molecular weight is 294 g/mol. The first-order valence-electron chi connectivity index (χ1n) is 6.69. The molecule has 0 spiro atoms. The van der Waals surface area contributed by atoms with Crippen molar-refractivity contribution in [3.05, 3.63) is 27.9 Å². The van der Waals surface area contributed by atoms with E-state index < -0.39 is 10.9 Å². The summed E-state index contributed by atoms with van der Waals surface area (Å²) in [6.45, 7) is 1.34. The maximum atomic E-state index is 11.1. The normalized spacial score (nSPS) is 16.2. The largest absolute Gasteiger partial charge is 0.478 e. The molecule has 0 radical (unpaired) electrons. The van der Waals surface area contributed by atoms with Crippen LogP contribution in [0.4, 0.5) is 11.5 Å². The molecule has 0 aromatic carbocycles. The lowest BCUT2D eigenvalue weighted by molar-refractivity contribution is -0.384. The van der Waals surface area contributed by atoms with E-state index in [0.717, 1.165) is 18.9 Å². The average Bonchev–Trinajstić information content (AvgIpc) is 2.46. The summed E-state index contributed by atoms with van der Waals surface area (Å²) in [6.07, 6.45) is 2.96. The van der Waals surface area contributed by atoms with Crippen molar-refractivity contribution in [3.63, 3.8) is 0 Å². The molecule has 1 aromatic heterocycles. The van der Waals surface area contributed by atoms with E-state index in [9.17, 15) is 14.9 Å². The van der Waals surface area contributed by atoms with Gasteiger partial charge in [0.2, 0.25) is 5.82 Å². The highest BCUT2D eigenvalue weighted by Crippen LogP contribution is 2.29. The van der Waals surface area contributed by atoms with E-state index >= 15 is 0 Å². The van der Waals surface area contributed by atoms with Gasteiger partial charge in [0, 0.05) is 31.4 Å². The number of carboxylic acid groups (broad SMARTS) is 1. The molecule has 1 N–H and O–H groups in total. The van der Waals surface area contributed by atoms with Crippen molar-refractivity contribution in [2.75, 3.05) is 32.1 Å². The Bertz CT molecular complexity index is 553. The maximum absolute atomic E-state index is 11.1. The van der Waals surface area contributed by atoms with Gasteiger partial charge in [0.05, 0.1) is 10.5 Å². The molecule has 1 fully saturated rings. The molecule has 0 saturated carbocycles. The lowest BCUT2D eigenvalue weighted by atomic mass is 10.0. The highest BCUT2D eigenvalue weighted by molar-refractivity contribution is 5.88. The Kier molecular flexibility index (Phi) is 4.37. The van der Waals surface area contributed by atoms with Gasteiger partial charge in [-0.25, -0.2) is 9.78 Å².